The number of benzene rings is 2. The van der Waals surface area contributed by atoms with Crippen LogP contribution in [-0.4, -0.2) is 36.6 Å². The van der Waals surface area contributed by atoms with Crippen LogP contribution < -0.4 is 15.5 Å². The maximum absolute atomic E-state index is 13.6. The number of nitrogens with one attached hydrogen (secondary N) is 2. The summed E-state index contributed by atoms with van der Waals surface area (Å²) in [5, 5.41) is 9.50. The van der Waals surface area contributed by atoms with Gasteiger partial charge >= 0.3 is 6.18 Å². The molecular formula is C28H31F3N4O3. The van der Waals surface area contributed by atoms with E-state index in [0.717, 1.165) is 30.5 Å². The number of alkyl halides is 3. The molecular weight excluding hydrogens is 497 g/mol. The molecule has 2 heterocycles. The van der Waals surface area contributed by atoms with Gasteiger partial charge in [-0.15, -0.1) is 0 Å². The average molecular weight is 529 g/mol. The quantitative estimate of drug-likeness (QED) is 0.392. The van der Waals surface area contributed by atoms with E-state index in [-0.39, 0.29) is 22.6 Å². The molecule has 202 valence electrons. The number of aryl methyl sites for hydroxylation is 1. The molecule has 0 atom stereocenters. The second-order valence-electron chi connectivity index (χ2n) is 10.8. The average Bonchev–Trinajstić information content (AvgIpc) is 3.55. The van der Waals surface area contributed by atoms with E-state index in [1.54, 1.807) is 18.2 Å². The van der Waals surface area contributed by atoms with E-state index in [0.29, 0.717) is 42.3 Å². The molecule has 0 bridgehead atoms. The zero-order valence-corrected chi connectivity index (χ0v) is 21.8. The smallest absolute Gasteiger partial charge is 0.372 e. The molecule has 0 unspecified atom stereocenters. The minimum absolute atomic E-state index is 0.0523. The minimum Gasteiger partial charge on any atom is -0.372 e. The summed E-state index contributed by atoms with van der Waals surface area (Å²) in [5.41, 5.74) is 1.53. The molecule has 7 nitrogen and oxygen atoms in total. The molecule has 38 heavy (non-hydrogen) atoms. The summed E-state index contributed by atoms with van der Waals surface area (Å²) < 4.78 is 46.0. The van der Waals surface area contributed by atoms with Gasteiger partial charge in [-0.2, -0.15) is 13.2 Å². The zero-order chi connectivity index (χ0) is 27.7. The summed E-state index contributed by atoms with van der Waals surface area (Å²) in [7, 11) is 0. The van der Waals surface area contributed by atoms with Crippen LogP contribution in [0.4, 0.5) is 24.5 Å². The Bertz CT molecular complexity index is 1340. The normalized spacial score (nSPS) is 14.0. The highest BCUT2D eigenvalue weighted by Crippen LogP contribution is 2.34. The molecule has 4 rings (SSSR count). The van der Waals surface area contributed by atoms with Crippen LogP contribution in [0.1, 0.15) is 65.7 Å². The van der Waals surface area contributed by atoms with Crippen LogP contribution in [0.25, 0.3) is 11.3 Å². The molecule has 2 aromatic carbocycles. The van der Waals surface area contributed by atoms with E-state index < -0.39 is 17.6 Å². The van der Waals surface area contributed by atoms with Crippen molar-refractivity contribution < 1.29 is 27.3 Å². The Morgan fingerprint density at radius 1 is 1.00 bits per heavy atom. The van der Waals surface area contributed by atoms with Crippen LogP contribution in [0.2, 0.25) is 0 Å². The summed E-state index contributed by atoms with van der Waals surface area (Å²) in [6, 6.07) is 10.0. The first-order valence-corrected chi connectivity index (χ1v) is 12.4. The topological polar surface area (TPSA) is 87.5 Å². The third-order valence-corrected chi connectivity index (χ3v) is 6.26. The van der Waals surface area contributed by atoms with E-state index in [1.165, 1.54) is 12.1 Å². The summed E-state index contributed by atoms with van der Waals surface area (Å²) >= 11 is 0. The van der Waals surface area contributed by atoms with Crippen molar-refractivity contribution in [3.05, 3.63) is 64.9 Å². The third kappa shape index (κ3) is 6.54. The van der Waals surface area contributed by atoms with Gasteiger partial charge in [0.2, 0.25) is 5.76 Å². The monoisotopic (exact) mass is 528 g/mol. The van der Waals surface area contributed by atoms with Crippen molar-refractivity contribution in [2.24, 2.45) is 5.41 Å². The van der Waals surface area contributed by atoms with Gasteiger partial charge in [0.15, 0.2) is 0 Å². The lowest BCUT2D eigenvalue weighted by Gasteiger charge is -2.20. The Balaban J connectivity index is 1.56. The first-order valence-electron chi connectivity index (χ1n) is 12.4. The largest absolute Gasteiger partial charge is 0.416 e. The lowest BCUT2D eigenvalue weighted by molar-refractivity contribution is -0.137. The summed E-state index contributed by atoms with van der Waals surface area (Å²) in [6.45, 7) is 9.58. The molecule has 1 aliphatic heterocycles. The number of nitrogens with zero attached hydrogens (tertiary/aromatic N) is 2. The lowest BCUT2D eigenvalue weighted by atomic mass is 9.97. The van der Waals surface area contributed by atoms with E-state index in [2.05, 4.69) is 15.8 Å². The fraction of sp³-hybridized carbons (Fsp3) is 0.393. The molecule has 1 fully saturated rings. The Kier molecular flexibility index (Phi) is 7.53. The zero-order valence-electron chi connectivity index (χ0n) is 21.8. The summed E-state index contributed by atoms with van der Waals surface area (Å²) in [5.74, 6) is -0.996. The molecule has 0 aliphatic carbocycles. The molecule has 2 N–H and O–H groups in total. The van der Waals surface area contributed by atoms with Crippen molar-refractivity contribution in [2.75, 3.05) is 29.9 Å². The number of anilines is 2. The van der Waals surface area contributed by atoms with Crippen molar-refractivity contribution in [3.8, 4) is 11.3 Å². The fourth-order valence-electron chi connectivity index (χ4n) is 4.18. The number of amides is 2. The Hall–Kier alpha value is -3.82. The van der Waals surface area contributed by atoms with Crippen molar-refractivity contribution >= 4 is 23.2 Å². The van der Waals surface area contributed by atoms with Gasteiger partial charge in [-0.1, -0.05) is 32.0 Å². The first kappa shape index (κ1) is 27.2. The molecule has 1 aliphatic rings. The summed E-state index contributed by atoms with van der Waals surface area (Å²) in [4.78, 5) is 27.3. The number of rotatable bonds is 6. The molecule has 1 saturated heterocycles. The van der Waals surface area contributed by atoms with Crippen molar-refractivity contribution in [3.63, 3.8) is 0 Å². The van der Waals surface area contributed by atoms with Gasteiger partial charge in [-0.25, -0.2) is 0 Å². The van der Waals surface area contributed by atoms with Crippen LogP contribution in [0.3, 0.4) is 0 Å². The maximum Gasteiger partial charge on any atom is 0.416 e. The first-order chi connectivity index (χ1) is 17.8. The van der Waals surface area contributed by atoms with Gasteiger partial charge in [0.25, 0.3) is 11.8 Å². The Labute approximate surface area is 219 Å². The van der Waals surface area contributed by atoms with Crippen LogP contribution in [0.15, 0.2) is 47.0 Å². The van der Waals surface area contributed by atoms with Gasteiger partial charge < -0.3 is 20.1 Å². The lowest BCUT2D eigenvalue weighted by Crippen LogP contribution is -2.31. The second kappa shape index (κ2) is 10.5. The molecule has 2 amide bonds. The standard InChI is InChI=1S/C28H31F3N4O3/c1-17-7-8-20(14-22(17)23-15-24(38-34-23)26(37)32-16-27(2,3)4)33-25(36)18-11-19(28(29,30)31)13-21(12-18)35-9-5-6-10-35/h7-8,11-15H,5-6,9-10,16H2,1-4H3,(H,32,37)(H,33,36). The van der Waals surface area contributed by atoms with E-state index >= 15 is 0 Å². The highest BCUT2D eigenvalue weighted by Gasteiger charge is 2.32. The Morgan fingerprint density at radius 2 is 1.71 bits per heavy atom. The van der Waals surface area contributed by atoms with Crippen LogP contribution >= 0.6 is 0 Å². The number of hydrogen-bond donors (Lipinski definition) is 2. The van der Waals surface area contributed by atoms with Gasteiger partial charge in [-0.3, -0.25) is 9.59 Å². The fourth-order valence-corrected chi connectivity index (χ4v) is 4.18. The van der Waals surface area contributed by atoms with E-state index in [9.17, 15) is 22.8 Å². The van der Waals surface area contributed by atoms with Gasteiger partial charge in [0, 0.05) is 48.2 Å². The van der Waals surface area contributed by atoms with E-state index in [1.807, 2.05) is 32.6 Å². The maximum atomic E-state index is 13.6. The van der Waals surface area contributed by atoms with Crippen molar-refractivity contribution in [2.45, 2.75) is 46.7 Å². The molecule has 10 heteroatoms. The van der Waals surface area contributed by atoms with Crippen LogP contribution in [0.5, 0.6) is 0 Å². The molecule has 0 spiro atoms. The van der Waals surface area contributed by atoms with Gasteiger partial charge in [0.1, 0.15) is 5.69 Å². The molecule has 0 saturated carbocycles. The molecule has 3 aromatic rings. The SMILES string of the molecule is Cc1ccc(NC(=O)c2cc(N3CCCC3)cc(C(F)(F)F)c2)cc1-c1cc(C(=O)NCC(C)(C)C)on1. The number of carbonyl (C=O) groups excluding carboxylic acids is 2. The third-order valence-electron chi connectivity index (χ3n) is 6.26. The highest BCUT2D eigenvalue weighted by atomic mass is 19.4. The number of halogens is 3. The Morgan fingerprint density at radius 3 is 2.37 bits per heavy atom. The van der Waals surface area contributed by atoms with Crippen molar-refractivity contribution in [1.82, 2.24) is 10.5 Å². The molecule has 0 radical (unpaired) electrons. The predicted molar refractivity (Wildman–Crippen MR) is 139 cm³/mol. The minimum atomic E-state index is -4.58. The van der Waals surface area contributed by atoms with Crippen LogP contribution in [-0.2, 0) is 6.18 Å². The molecule has 1 aromatic heterocycles. The van der Waals surface area contributed by atoms with Gasteiger partial charge in [0.05, 0.1) is 5.56 Å². The van der Waals surface area contributed by atoms with Crippen molar-refractivity contribution in [1.29, 1.82) is 0 Å². The highest BCUT2D eigenvalue weighted by molar-refractivity contribution is 6.05. The number of carbonyl (C=O) groups is 2. The van der Waals surface area contributed by atoms with Crippen LogP contribution in [0, 0.1) is 12.3 Å². The van der Waals surface area contributed by atoms with E-state index in [4.69, 9.17) is 4.52 Å². The summed E-state index contributed by atoms with van der Waals surface area (Å²) in [6.07, 6.45) is -2.79. The number of hydrogen-bond acceptors (Lipinski definition) is 5. The number of aromatic nitrogens is 1. The van der Waals surface area contributed by atoms with Gasteiger partial charge in [-0.05, 0) is 61.1 Å². The second-order valence-corrected chi connectivity index (χ2v) is 10.8. The predicted octanol–water partition coefficient (Wildman–Crippen LogP) is 6.30.